The number of allylic oxidation sites excluding steroid dienone is 3. The molecule has 0 spiro atoms. The van der Waals surface area contributed by atoms with Crippen LogP contribution in [0.1, 0.15) is 12.5 Å². The molecule has 5 N–H and O–H groups in total. The second kappa shape index (κ2) is 9.62. The Bertz CT molecular complexity index is 1140. The van der Waals surface area contributed by atoms with E-state index in [1.165, 1.54) is 6.20 Å². The van der Waals surface area contributed by atoms with Crippen LogP contribution in [0.4, 0.5) is 10.7 Å². The molecule has 0 unspecified atom stereocenters. The third-order valence-electron chi connectivity index (χ3n) is 4.60. The fourth-order valence-corrected chi connectivity index (χ4v) is 3.12. The minimum atomic E-state index is -0.322. The van der Waals surface area contributed by atoms with Gasteiger partial charge in [0.1, 0.15) is 0 Å². The zero-order valence-corrected chi connectivity index (χ0v) is 17.9. The Hall–Kier alpha value is -4.07. The molecule has 160 valence electrons. The van der Waals surface area contributed by atoms with Crippen LogP contribution in [-0.2, 0) is 0 Å². The maximum atomic E-state index is 11.9. The van der Waals surface area contributed by atoms with Crippen molar-refractivity contribution in [2.75, 3.05) is 26.0 Å². The highest BCUT2D eigenvalue weighted by Crippen LogP contribution is 2.31. The topological polar surface area (TPSA) is 112 Å². The van der Waals surface area contributed by atoms with Gasteiger partial charge in [-0.3, -0.25) is 10.3 Å². The Kier molecular flexibility index (Phi) is 6.71. The monoisotopic (exact) mass is 417 g/mol. The number of nitrogens with two attached hydrogens (primary N) is 1. The van der Waals surface area contributed by atoms with Crippen molar-refractivity contribution in [1.29, 1.82) is 0 Å². The smallest absolute Gasteiger partial charge is 0.321 e. The highest BCUT2D eigenvalue weighted by atomic mass is 16.2. The summed E-state index contributed by atoms with van der Waals surface area (Å²) in [7, 11) is 3.87. The highest BCUT2D eigenvalue weighted by Gasteiger charge is 2.14. The first-order valence-electron chi connectivity index (χ1n) is 9.88. The number of fused-ring (bicyclic) bond motifs is 1. The van der Waals surface area contributed by atoms with E-state index in [0.717, 1.165) is 33.5 Å². The molecule has 31 heavy (non-hydrogen) atoms. The summed E-state index contributed by atoms with van der Waals surface area (Å²) in [6, 6.07) is 7.56. The van der Waals surface area contributed by atoms with E-state index in [-0.39, 0.29) is 6.03 Å². The zero-order valence-electron chi connectivity index (χ0n) is 17.9. The molecule has 3 rings (SSSR count). The first-order valence-corrected chi connectivity index (χ1v) is 9.88. The summed E-state index contributed by atoms with van der Waals surface area (Å²) in [6.07, 6.45) is 8.77. The van der Waals surface area contributed by atoms with Gasteiger partial charge in [0, 0.05) is 49.9 Å². The number of aromatic nitrogens is 3. The summed E-state index contributed by atoms with van der Waals surface area (Å²) < 4.78 is 0. The van der Waals surface area contributed by atoms with Crippen molar-refractivity contribution in [2.45, 2.75) is 6.92 Å². The molecular weight excluding hydrogens is 390 g/mol. The van der Waals surface area contributed by atoms with E-state index >= 15 is 0 Å². The van der Waals surface area contributed by atoms with Gasteiger partial charge in [0.15, 0.2) is 0 Å². The normalized spacial score (nSPS) is 11.6. The molecule has 8 heteroatoms. The number of nitrogens with zero attached hydrogens (tertiary/aromatic N) is 3. The van der Waals surface area contributed by atoms with Crippen LogP contribution in [0.25, 0.3) is 27.7 Å². The van der Waals surface area contributed by atoms with Gasteiger partial charge in [-0.05, 0) is 54.6 Å². The second-order valence-corrected chi connectivity index (χ2v) is 7.08. The number of likely N-dealkylation sites (N-methyl/N-ethyl adjacent to an activating group) is 1. The summed E-state index contributed by atoms with van der Waals surface area (Å²) in [4.78, 5) is 25.9. The van der Waals surface area contributed by atoms with Crippen molar-refractivity contribution < 1.29 is 4.79 Å². The van der Waals surface area contributed by atoms with E-state index in [1.54, 1.807) is 18.5 Å². The number of amides is 2. The first kappa shape index (κ1) is 21.6. The molecule has 0 bridgehead atoms. The fourth-order valence-electron chi connectivity index (χ4n) is 3.12. The van der Waals surface area contributed by atoms with Crippen LogP contribution in [0.15, 0.2) is 67.3 Å². The van der Waals surface area contributed by atoms with Crippen LogP contribution in [0.5, 0.6) is 0 Å². The Morgan fingerprint density at radius 1 is 1.32 bits per heavy atom. The predicted octanol–water partition coefficient (Wildman–Crippen LogP) is 3.70. The van der Waals surface area contributed by atoms with Crippen LogP contribution >= 0.6 is 0 Å². The van der Waals surface area contributed by atoms with Gasteiger partial charge in [0.2, 0.25) is 5.95 Å². The van der Waals surface area contributed by atoms with Crippen molar-refractivity contribution in [1.82, 2.24) is 25.2 Å². The van der Waals surface area contributed by atoms with Gasteiger partial charge < -0.3 is 20.9 Å². The van der Waals surface area contributed by atoms with Gasteiger partial charge in [0.05, 0.1) is 11.0 Å². The lowest BCUT2D eigenvalue weighted by molar-refractivity contribution is 0.252. The number of pyridine rings is 1. The lowest BCUT2D eigenvalue weighted by Crippen LogP contribution is -2.28. The minimum Gasteiger partial charge on any atom is -0.405 e. The van der Waals surface area contributed by atoms with Gasteiger partial charge in [-0.2, -0.15) is 0 Å². The molecule has 0 aliphatic carbocycles. The minimum absolute atomic E-state index is 0.322. The number of imidazole rings is 1. The molecule has 1 aromatic carbocycles. The number of anilines is 1. The number of carbonyl (C=O) groups is 1. The fraction of sp³-hybridized carbons (Fsp3) is 0.174. The average molecular weight is 418 g/mol. The largest absolute Gasteiger partial charge is 0.405 e. The molecule has 0 atom stereocenters. The molecule has 0 aliphatic rings. The molecule has 2 heterocycles. The maximum Gasteiger partial charge on any atom is 0.321 e. The summed E-state index contributed by atoms with van der Waals surface area (Å²) >= 11 is 0. The molecule has 0 saturated carbocycles. The number of carbonyl (C=O) groups excluding carboxylic acids is 1. The third-order valence-corrected chi connectivity index (χ3v) is 4.60. The van der Waals surface area contributed by atoms with E-state index in [4.69, 9.17) is 5.73 Å². The van der Waals surface area contributed by atoms with E-state index in [9.17, 15) is 4.79 Å². The van der Waals surface area contributed by atoms with E-state index in [2.05, 4.69) is 32.2 Å². The van der Waals surface area contributed by atoms with Gasteiger partial charge in [-0.1, -0.05) is 12.6 Å². The Balaban J connectivity index is 2.14. The van der Waals surface area contributed by atoms with Crippen molar-refractivity contribution in [3.8, 4) is 11.1 Å². The Morgan fingerprint density at radius 3 is 2.77 bits per heavy atom. The summed E-state index contributed by atoms with van der Waals surface area (Å²) in [5, 5.41) is 5.42. The van der Waals surface area contributed by atoms with Crippen LogP contribution in [0.2, 0.25) is 0 Å². The van der Waals surface area contributed by atoms with Gasteiger partial charge >= 0.3 is 6.03 Å². The molecule has 0 saturated heterocycles. The lowest BCUT2D eigenvalue weighted by atomic mass is 9.98. The molecule has 3 aromatic rings. The van der Waals surface area contributed by atoms with Crippen molar-refractivity contribution >= 4 is 28.6 Å². The van der Waals surface area contributed by atoms with Crippen LogP contribution in [0, 0.1) is 0 Å². The molecular formula is C23H27N7O. The van der Waals surface area contributed by atoms with Crippen molar-refractivity contribution in [2.24, 2.45) is 5.73 Å². The summed E-state index contributed by atoms with van der Waals surface area (Å²) in [5.41, 5.74) is 11.5. The summed E-state index contributed by atoms with van der Waals surface area (Å²) in [5.74, 6) is 0.358. The molecule has 0 aliphatic heterocycles. The van der Waals surface area contributed by atoms with Gasteiger partial charge in [0.25, 0.3) is 0 Å². The SMILES string of the molecule is C=C(/C=C(\C=C/N)N(C)C)c1cc(-c2cccnc2)cc2[nH]c(NC(=O)NCC)nc12. The molecule has 0 radical (unpaired) electrons. The zero-order chi connectivity index (χ0) is 22.4. The van der Waals surface area contributed by atoms with Gasteiger partial charge in [-0.25, -0.2) is 9.78 Å². The Morgan fingerprint density at radius 2 is 2.13 bits per heavy atom. The average Bonchev–Trinajstić information content (AvgIpc) is 3.15. The van der Waals surface area contributed by atoms with Gasteiger partial charge in [-0.15, -0.1) is 0 Å². The lowest BCUT2D eigenvalue weighted by Gasteiger charge is -2.15. The standard InChI is InChI=1S/C23H27N7O/c1-5-26-23(31)29-22-27-20-13-17(16-7-6-10-25-14-16)12-19(21(20)28-22)15(2)11-18(8-9-24)30(3)4/h6-14H,2,5,24H2,1,3-4H3,(H3,26,27,28,29,31)/b9-8-,18-11+. The first-order chi connectivity index (χ1) is 14.9. The molecule has 2 amide bonds. The van der Waals surface area contributed by atoms with Crippen molar-refractivity contribution in [3.05, 3.63) is 72.9 Å². The second-order valence-electron chi connectivity index (χ2n) is 7.08. The molecule has 0 fully saturated rings. The number of benzene rings is 1. The third kappa shape index (κ3) is 5.11. The number of urea groups is 1. The van der Waals surface area contributed by atoms with E-state index in [1.807, 2.05) is 56.3 Å². The van der Waals surface area contributed by atoms with Crippen LogP contribution < -0.4 is 16.4 Å². The Labute approximate surface area is 181 Å². The number of H-pyrrole nitrogens is 1. The van der Waals surface area contributed by atoms with E-state index < -0.39 is 0 Å². The quantitative estimate of drug-likeness (QED) is 0.438. The van der Waals surface area contributed by atoms with Crippen molar-refractivity contribution in [3.63, 3.8) is 0 Å². The highest BCUT2D eigenvalue weighted by molar-refractivity contribution is 5.97. The maximum absolute atomic E-state index is 11.9. The molecule has 2 aromatic heterocycles. The number of hydrogen-bond acceptors (Lipinski definition) is 5. The number of hydrogen-bond donors (Lipinski definition) is 4. The number of aromatic amines is 1. The van der Waals surface area contributed by atoms with Crippen LogP contribution in [0.3, 0.4) is 0 Å². The number of rotatable bonds is 7. The summed E-state index contributed by atoms with van der Waals surface area (Å²) in [6.45, 7) is 6.64. The van der Waals surface area contributed by atoms with E-state index in [0.29, 0.717) is 18.0 Å². The van der Waals surface area contributed by atoms with Crippen LogP contribution in [-0.4, -0.2) is 46.5 Å². The molecule has 8 nitrogen and oxygen atoms in total. The predicted molar refractivity (Wildman–Crippen MR) is 126 cm³/mol. The number of nitrogens with one attached hydrogen (secondary N) is 3.